The van der Waals surface area contributed by atoms with Gasteiger partial charge in [0.15, 0.2) is 0 Å². The number of carbonyl (C=O) groups is 1. The lowest BCUT2D eigenvalue weighted by Crippen LogP contribution is -2.59. The molecule has 0 saturated heterocycles. The molecule has 1 amide bonds. The number of nitrogens with one attached hydrogen (secondary N) is 1. The number of likely N-dealkylation sites (N-methyl/N-ethyl adjacent to an activating group) is 1. The van der Waals surface area contributed by atoms with Crippen LogP contribution in [0.2, 0.25) is 0 Å². The molecule has 0 radical (unpaired) electrons. The highest BCUT2D eigenvalue weighted by Crippen LogP contribution is 2.32. The normalized spacial score (nSPS) is 25.5. The van der Waals surface area contributed by atoms with Crippen LogP contribution in [-0.4, -0.2) is 24.1 Å². The minimum Gasteiger partial charge on any atom is -0.490 e. The number of para-hydroxylation sites is 1. The van der Waals surface area contributed by atoms with Gasteiger partial charge in [-0.3, -0.25) is 4.79 Å². The molecule has 21 heavy (non-hydrogen) atoms. The number of rotatable bonds is 6. The molecule has 116 valence electrons. The maximum atomic E-state index is 11.9. The monoisotopic (exact) mass is 290 g/mol. The van der Waals surface area contributed by atoms with Crippen molar-refractivity contribution in [3.05, 3.63) is 29.8 Å². The molecule has 1 aliphatic carbocycles. The van der Waals surface area contributed by atoms with E-state index in [2.05, 4.69) is 18.3 Å². The van der Waals surface area contributed by atoms with Gasteiger partial charge in [0.2, 0.25) is 5.91 Å². The summed E-state index contributed by atoms with van der Waals surface area (Å²) >= 11 is 0. The van der Waals surface area contributed by atoms with E-state index >= 15 is 0 Å². The molecule has 4 heteroatoms. The molecule has 1 saturated carbocycles. The Morgan fingerprint density at radius 3 is 2.86 bits per heavy atom. The largest absolute Gasteiger partial charge is 0.490 e. The SMILES string of the molecule is CCNC1(C(N)=O)CCCC(Oc2ccccc2CC)C1. The predicted octanol–water partition coefficient (Wildman–Crippen LogP) is 2.40. The number of hydrogen-bond acceptors (Lipinski definition) is 3. The van der Waals surface area contributed by atoms with Crippen LogP contribution in [0.5, 0.6) is 5.75 Å². The summed E-state index contributed by atoms with van der Waals surface area (Å²) in [5.74, 6) is 0.670. The molecule has 1 fully saturated rings. The Balaban J connectivity index is 2.12. The number of aryl methyl sites for hydroxylation is 1. The van der Waals surface area contributed by atoms with Crippen LogP contribution in [0.4, 0.5) is 0 Å². The molecule has 2 atom stereocenters. The average molecular weight is 290 g/mol. The Kier molecular flexibility index (Phi) is 5.23. The molecule has 2 rings (SSSR count). The minimum absolute atomic E-state index is 0.0398. The Hall–Kier alpha value is -1.55. The van der Waals surface area contributed by atoms with E-state index in [1.54, 1.807) is 0 Å². The molecular weight excluding hydrogens is 264 g/mol. The van der Waals surface area contributed by atoms with Crippen LogP contribution < -0.4 is 15.8 Å². The van der Waals surface area contributed by atoms with Crippen molar-refractivity contribution in [2.75, 3.05) is 6.54 Å². The Bertz CT molecular complexity index is 485. The van der Waals surface area contributed by atoms with Gasteiger partial charge in [0.25, 0.3) is 0 Å². The minimum atomic E-state index is -0.612. The third-order valence-electron chi connectivity index (χ3n) is 4.34. The number of ether oxygens (including phenoxy) is 1. The second kappa shape index (κ2) is 6.94. The summed E-state index contributed by atoms with van der Waals surface area (Å²) in [6.07, 6.45) is 4.35. The molecule has 4 nitrogen and oxygen atoms in total. The van der Waals surface area contributed by atoms with Gasteiger partial charge in [-0.05, 0) is 43.9 Å². The number of amides is 1. The third-order valence-corrected chi connectivity index (χ3v) is 4.34. The quantitative estimate of drug-likeness (QED) is 0.845. The van der Waals surface area contributed by atoms with Gasteiger partial charge in [-0.25, -0.2) is 0 Å². The van der Waals surface area contributed by atoms with Crippen LogP contribution in [0, 0.1) is 0 Å². The fourth-order valence-corrected chi connectivity index (χ4v) is 3.23. The number of hydrogen-bond donors (Lipinski definition) is 2. The van der Waals surface area contributed by atoms with Crippen molar-refractivity contribution in [2.24, 2.45) is 5.73 Å². The first-order valence-electron chi connectivity index (χ1n) is 7.90. The molecule has 0 spiro atoms. The second-order valence-electron chi connectivity index (χ2n) is 5.77. The first kappa shape index (κ1) is 15.8. The van der Waals surface area contributed by atoms with E-state index < -0.39 is 5.54 Å². The van der Waals surface area contributed by atoms with E-state index in [4.69, 9.17) is 10.5 Å². The van der Waals surface area contributed by atoms with Crippen molar-refractivity contribution in [1.82, 2.24) is 5.32 Å². The maximum Gasteiger partial charge on any atom is 0.237 e. The average Bonchev–Trinajstić information content (AvgIpc) is 2.48. The van der Waals surface area contributed by atoms with E-state index in [0.29, 0.717) is 6.42 Å². The zero-order valence-corrected chi connectivity index (χ0v) is 13.0. The lowest BCUT2D eigenvalue weighted by molar-refractivity contribution is -0.127. The van der Waals surface area contributed by atoms with Crippen LogP contribution in [0.1, 0.15) is 45.1 Å². The van der Waals surface area contributed by atoms with Gasteiger partial charge in [0, 0.05) is 6.42 Å². The standard InChI is InChI=1S/C17H26N2O2/c1-3-13-8-5-6-10-15(13)21-14-9-7-11-17(12-14,16(18)20)19-4-2/h5-6,8,10,14,19H,3-4,7,9,11-12H2,1-2H3,(H2,18,20). The summed E-state index contributed by atoms with van der Waals surface area (Å²) in [4.78, 5) is 11.9. The summed E-state index contributed by atoms with van der Waals surface area (Å²) in [5.41, 5.74) is 6.24. The van der Waals surface area contributed by atoms with Gasteiger partial charge in [0.05, 0.1) is 0 Å². The first-order chi connectivity index (χ1) is 10.1. The van der Waals surface area contributed by atoms with Gasteiger partial charge < -0.3 is 15.8 Å². The summed E-state index contributed by atoms with van der Waals surface area (Å²) in [7, 11) is 0. The summed E-state index contributed by atoms with van der Waals surface area (Å²) in [5, 5.41) is 3.29. The lowest BCUT2D eigenvalue weighted by Gasteiger charge is -2.39. The number of carbonyl (C=O) groups excluding carboxylic acids is 1. The third kappa shape index (κ3) is 3.56. The molecule has 1 aromatic rings. The Morgan fingerprint density at radius 1 is 1.43 bits per heavy atom. The van der Waals surface area contributed by atoms with Crippen LogP contribution in [0.25, 0.3) is 0 Å². The smallest absolute Gasteiger partial charge is 0.237 e. The van der Waals surface area contributed by atoms with Gasteiger partial charge >= 0.3 is 0 Å². The van der Waals surface area contributed by atoms with Gasteiger partial charge in [-0.1, -0.05) is 32.0 Å². The molecule has 0 heterocycles. The first-order valence-corrected chi connectivity index (χ1v) is 7.90. The highest BCUT2D eigenvalue weighted by atomic mass is 16.5. The second-order valence-corrected chi connectivity index (χ2v) is 5.77. The summed E-state index contributed by atoms with van der Waals surface area (Å²) in [6, 6.07) is 8.11. The number of primary amides is 1. The fourth-order valence-electron chi connectivity index (χ4n) is 3.23. The zero-order chi connectivity index (χ0) is 15.3. The van der Waals surface area contributed by atoms with Crippen molar-refractivity contribution in [3.63, 3.8) is 0 Å². The van der Waals surface area contributed by atoms with E-state index in [1.165, 1.54) is 5.56 Å². The van der Waals surface area contributed by atoms with Crippen LogP contribution >= 0.6 is 0 Å². The van der Waals surface area contributed by atoms with Crippen LogP contribution in [0.3, 0.4) is 0 Å². The van der Waals surface area contributed by atoms with Crippen molar-refractivity contribution >= 4 is 5.91 Å². The Labute approximate surface area is 127 Å². The number of nitrogens with two attached hydrogens (primary N) is 1. The van der Waals surface area contributed by atoms with E-state index in [9.17, 15) is 4.79 Å². The predicted molar refractivity (Wildman–Crippen MR) is 84.3 cm³/mol. The molecule has 0 aromatic heterocycles. The lowest BCUT2D eigenvalue weighted by atomic mass is 9.79. The summed E-state index contributed by atoms with van der Waals surface area (Å²) in [6.45, 7) is 4.86. The van der Waals surface area contributed by atoms with Gasteiger partial charge in [-0.2, -0.15) is 0 Å². The Morgan fingerprint density at radius 2 is 2.19 bits per heavy atom. The maximum absolute atomic E-state index is 11.9. The molecular formula is C17H26N2O2. The van der Waals surface area contributed by atoms with E-state index in [1.807, 2.05) is 25.1 Å². The molecule has 2 unspecified atom stereocenters. The van der Waals surface area contributed by atoms with Gasteiger partial charge in [-0.15, -0.1) is 0 Å². The summed E-state index contributed by atoms with van der Waals surface area (Å²) < 4.78 is 6.18. The molecule has 1 aromatic carbocycles. The molecule has 3 N–H and O–H groups in total. The van der Waals surface area contributed by atoms with Crippen LogP contribution in [0.15, 0.2) is 24.3 Å². The van der Waals surface area contributed by atoms with Crippen molar-refractivity contribution in [2.45, 2.75) is 57.6 Å². The zero-order valence-electron chi connectivity index (χ0n) is 13.0. The van der Waals surface area contributed by atoms with Gasteiger partial charge in [0.1, 0.15) is 17.4 Å². The fraction of sp³-hybridized carbons (Fsp3) is 0.588. The van der Waals surface area contributed by atoms with Crippen molar-refractivity contribution in [1.29, 1.82) is 0 Å². The van der Waals surface area contributed by atoms with Crippen molar-refractivity contribution < 1.29 is 9.53 Å². The topological polar surface area (TPSA) is 64.3 Å². The highest BCUT2D eigenvalue weighted by Gasteiger charge is 2.41. The number of benzene rings is 1. The molecule has 0 bridgehead atoms. The molecule has 1 aliphatic rings. The van der Waals surface area contributed by atoms with Crippen LogP contribution in [-0.2, 0) is 11.2 Å². The van der Waals surface area contributed by atoms with E-state index in [-0.39, 0.29) is 12.0 Å². The van der Waals surface area contributed by atoms with Crippen molar-refractivity contribution in [3.8, 4) is 5.75 Å². The van der Waals surface area contributed by atoms with E-state index in [0.717, 1.165) is 38.0 Å². The highest BCUT2D eigenvalue weighted by molar-refractivity contribution is 5.84. The molecule has 0 aliphatic heterocycles.